The van der Waals surface area contributed by atoms with Gasteiger partial charge in [0.2, 0.25) is 0 Å². The largest absolute Gasteiger partial charge is 0.383 e. The highest BCUT2D eigenvalue weighted by Crippen LogP contribution is 2.34. The average molecular weight is 454 g/mol. The lowest BCUT2D eigenvalue weighted by molar-refractivity contribution is 0.0346. The molecule has 0 radical (unpaired) electrons. The Morgan fingerprint density at radius 3 is 2.83 bits per heavy atom. The molecule has 148 valence electrons. The number of benzene rings is 2. The molecule has 2 aliphatic heterocycles. The van der Waals surface area contributed by atoms with Crippen molar-refractivity contribution in [3.05, 3.63) is 68.7 Å². The van der Waals surface area contributed by atoms with Crippen LogP contribution in [-0.4, -0.2) is 29.4 Å². The number of aromatic nitrogens is 1. The minimum absolute atomic E-state index is 0.0549. The molecule has 7 heteroatoms. The Kier molecular flexibility index (Phi) is 4.53. The Balaban J connectivity index is 1.51. The molecule has 3 aromatic rings. The van der Waals surface area contributed by atoms with E-state index in [9.17, 15) is 4.79 Å². The van der Waals surface area contributed by atoms with Gasteiger partial charge in [-0.25, -0.2) is 4.98 Å². The summed E-state index contributed by atoms with van der Waals surface area (Å²) >= 11 is 3.50. The summed E-state index contributed by atoms with van der Waals surface area (Å²) in [6.07, 6.45) is 0. The van der Waals surface area contributed by atoms with Crippen molar-refractivity contribution < 1.29 is 14.3 Å². The van der Waals surface area contributed by atoms with Crippen LogP contribution in [0.2, 0.25) is 0 Å². The number of hydrogen-bond acceptors (Lipinski definition) is 5. The summed E-state index contributed by atoms with van der Waals surface area (Å²) in [5, 5.41) is 0.926. The third-order valence-electron chi connectivity index (χ3n) is 5.76. The van der Waals surface area contributed by atoms with E-state index in [0.717, 1.165) is 37.6 Å². The molecule has 1 aromatic heterocycles. The number of halogens is 1. The minimum Gasteiger partial charge on any atom is -0.383 e. The first-order valence-corrected chi connectivity index (χ1v) is 10.2. The molecule has 29 heavy (non-hydrogen) atoms. The van der Waals surface area contributed by atoms with Crippen LogP contribution in [0.3, 0.4) is 0 Å². The molecular formula is C22H20BrN3O3. The summed E-state index contributed by atoms with van der Waals surface area (Å²) in [4.78, 5) is 19.5. The van der Waals surface area contributed by atoms with E-state index in [2.05, 4.69) is 33.0 Å². The third-order valence-corrected chi connectivity index (χ3v) is 6.25. The number of likely N-dealkylation sites (N-methyl/N-ethyl adjacent to an activating group) is 1. The molecule has 1 atom stereocenters. The van der Waals surface area contributed by atoms with E-state index in [0.29, 0.717) is 37.8 Å². The van der Waals surface area contributed by atoms with Crippen molar-refractivity contribution in [1.82, 2.24) is 9.88 Å². The monoisotopic (exact) mass is 453 g/mol. The zero-order valence-electron chi connectivity index (χ0n) is 15.9. The number of hydrogen-bond donors (Lipinski definition) is 1. The smallest absolute Gasteiger partial charge is 0.254 e. The lowest BCUT2D eigenvalue weighted by Crippen LogP contribution is -2.36. The molecule has 0 fully saturated rings. The first-order chi connectivity index (χ1) is 14.0. The first-order valence-electron chi connectivity index (χ1n) is 9.45. The number of nitrogens with two attached hydrogens (primary N) is 1. The Hall–Kier alpha value is -2.48. The molecule has 0 bridgehead atoms. The van der Waals surface area contributed by atoms with E-state index in [1.54, 1.807) is 4.90 Å². The summed E-state index contributed by atoms with van der Waals surface area (Å²) in [5.74, 6) is 0.448. The molecule has 5 rings (SSSR count). The van der Waals surface area contributed by atoms with Gasteiger partial charge < -0.3 is 20.1 Å². The highest BCUT2D eigenvalue weighted by Gasteiger charge is 2.29. The number of ether oxygens (including phenoxy) is 2. The van der Waals surface area contributed by atoms with E-state index in [1.165, 1.54) is 0 Å². The first kappa shape index (κ1) is 18.5. The van der Waals surface area contributed by atoms with E-state index in [1.807, 2.05) is 31.3 Å². The van der Waals surface area contributed by atoms with Gasteiger partial charge in [-0.2, -0.15) is 0 Å². The van der Waals surface area contributed by atoms with Gasteiger partial charge in [-0.1, -0.05) is 22.0 Å². The maximum Gasteiger partial charge on any atom is 0.254 e. The number of anilines is 1. The van der Waals surface area contributed by atoms with Crippen molar-refractivity contribution in [2.75, 3.05) is 19.4 Å². The van der Waals surface area contributed by atoms with Crippen LogP contribution in [0, 0.1) is 0 Å². The number of rotatable bonds is 2. The van der Waals surface area contributed by atoms with Gasteiger partial charge in [-0.3, -0.25) is 4.79 Å². The van der Waals surface area contributed by atoms with Crippen molar-refractivity contribution >= 4 is 38.6 Å². The number of carbonyl (C=O) groups is 1. The van der Waals surface area contributed by atoms with Crippen LogP contribution < -0.4 is 5.73 Å². The molecular weight excluding hydrogens is 434 g/mol. The standard InChI is InChI=1S/C22H20BrN3O3/c1-26(20-11-28-8-13-6-14(23)3-4-15(13)20)22(27)12-2-5-19-16(7-12)17-9-29-10-18(17)21(24)25-19/h2-7,20H,8-11H2,1H3,(H2,24,25). The van der Waals surface area contributed by atoms with E-state index in [4.69, 9.17) is 15.2 Å². The second-order valence-electron chi connectivity index (χ2n) is 7.47. The maximum absolute atomic E-state index is 13.3. The van der Waals surface area contributed by atoms with Crippen LogP contribution in [0.4, 0.5) is 5.82 Å². The van der Waals surface area contributed by atoms with E-state index in [-0.39, 0.29) is 11.9 Å². The summed E-state index contributed by atoms with van der Waals surface area (Å²) in [6, 6.07) is 11.6. The van der Waals surface area contributed by atoms with Gasteiger partial charge in [-0.15, -0.1) is 0 Å². The zero-order chi connectivity index (χ0) is 20.1. The van der Waals surface area contributed by atoms with Gasteiger partial charge in [0, 0.05) is 28.0 Å². The molecule has 2 N–H and O–H groups in total. The van der Waals surface area contributed by atoms with Gasteiger partial charge in [0.1, 0.15) is 5.82 Å². The highest BCUT2D eigenvalue weighted by atomic mass is 79.9. The lowest BCUT2D eigenvalue weighted by atomic mass is 9.97. The number of amides is 1. The second kappa shape index (κ2) is 7.09. The van der Waals surface area contributed by atoms with Crippen molar-refractivity contribution in [3.63, 3.8) is 0 Å². The average Bonchev–Trinajstić information content (AvgIpc) is 3.23. The Morgan fingerprint density at radius 1 is 1.14 bits per heavy atom. The molecule has 1 unspecified atom stereocenters. The summed E-state index contributed by atoms with van der Waals surface area (Å²) in [6.45, 7) is 1.99. The molecule has 3 heterocycles. The van der Waals surface area contributed by atoms with Crippen LogP contribution in [-0.2, 0) is 29.3 Å². The second-order valence-corrected chi connectivity index (χ2v) is 8.38. The van der Waals surface area contributed by atoms with E-state index < -0.39 is 0 Å². The Morgan fingerprint density at radius 2 is 1.97 bits per heavy atom. The number of pyridine rings is 1. The summed E-state index contributed by atoms with van der Waals surface area (Å²) in [7, 11) is 1.83. The molecule has 0 saturated heterocycles. The van der Waals surface area contributed by atoms with Crippen LogP contribution in [0.15, 0.2) is 40.9 Å². The topological polar surface area (TPSA) is 77.7 Å². The van der Waals surface area contributed by atoms with Crippen LogP contribution in [0.25, 0.3) is 10.9 Å². The normalized spacial score (nSPS) is 17.8. The van der Waals surface area contributed by atoms with Crippen LogP contribution in [0.1, 0.15) is 38.7 Å². The number of nitrogens with zero attached hydrogens (tertiary/aromatic N) is 2. The van der Waals surface area contributed by atoms with Gasteiger partial charge >= 0.3 is 0 Å². The van der Waals surface area contributed by atoms with E-state index >= 15 is 0 Å². The molecule has 0 spiro atoms. The van der Waals surface area contributed by atoms with Gasteiger partial charge in [0.25, 0.3) is 5.91 Å². The molecule has 1 amide bonds. The maximum atomic E-state index is 13.3. The molecule has 2 aliphatic rings. The SMILES string of the molecule is CN(C(=O)c1ccc2nc(N)c3c(c2c1)COC3)C1COCc2cc(Br)ccc21. The summed E-state index contributed by atoms with van der Waals surface area (Å²) < 4.78 is 12.3. The molecule has 0 aliphatic carbocycles. The van der Waals surface area contributed by atoms with Crippen molar-refractivity contribution in [2.45, 2.75) is 25.9 Å². The Bertz CT molecular complexity index is 1150. The zero-order valence-corrected chi connectivity index (χ0v) is 17.5. The van der Waals surface area contributed by atoms with Gasteiger partial charge in [0.15, 0.2) is 0 Å². The molecule has 6 nitrogen and oxygen atoms in total. The van der Waals surface area contributed by atoms with Crippen LogP contribution in [0.5, 0.6) is 0 Å². The fourth-order valence-corrected chi connectivity index (χ4v) is 4.57. The number of carbonyl (C=O) groups excluding carboxylic acids is 1. The minimum atomic E-state index is -0.131. The number of nitrogen functional groups attached to an aromatic ring is 1. The molecule has 2 aromatic carbocycles. The fraction of sp³-hybridized carbons (Fsp3) is 0.273. The predicted octanol–water partition coefficient (Wildman–Crippen LogP) is 3.95. The lowest BCUT2D eigenvalue weighted by Gasteiger charge is -2.33. The predicted molar refractivity (Wildman–Crippen MR) is 113 cm³/mol. The third kappa shape index (κ3) is 3.10. The van der Waals surface area contributed by atoms with Gasteiger partial charge in [-0.05, 0) is 47.0 Å². The van der Waals surface area contributed by atoms with Gasteiger partial charge in [0.05, 0.1) is 38.0 Å². The Labute approximate surface area is 176 Å². The van der Waals surface area contributed by atoms with Crippen LogP contribution >= 0.6 is 15.9 Å². The van der Waals surface area contributed by atoms with Crippen molar-refractivity contribution in [1.29, 1.82) is 0 Å². The fourth-order valence-electron chi connectivity index (χ4n) is 4.16. The van der Waals surface area contributed by atoms with Crippen molar-refractivity contribution in [3.8, 4) is 0 Å². The number of fused-ring (bicyclic) bond motifs is 4. The quantitative estimate of drug-likeness (QED) is 0.635. The highest BCUT2D eigenvalue weighted by molar-refractivity contribution is 9.10. The van der Waals surface area contributed by atoms with Crippen molar-refractivity contribution in [2.24, 2.45) is 0 Å². The molecule has 0 saturated carbocycles. The summed E-state index contributed by atoms with van der Waals surface area (Å²) in [5.41, 5.74) is 11.6.